The number of hydrogen-bond acceptors (Lipinski definition) is 3. The predicted molar refractivity (Wildman–Crippen MR) is 91.5 cm³/mol. The van der Waals surface area contributed by atoms with Crippen molar-refractivity contribution in [2.75, 3.05) is 13.1 Å². The van der Waals surface area contributed by atoms with Gasteiger partial charge < -0.3 is 15.7 Å². The highest BCUT2D eigenvalue weighted by Gasteiger charge is 2.29. The fraction of sp³-hybridized carbons (Fsp3) is 0.588. The molecule has 1 aliphatic rings. The molecule has 0 bridgehead atoms. The first-order chi connectivity index (χ1) is 9.92. The molecule has 3 N–H and O–H groups in total. The van der Waals surface area contributed by atoms with Crippen molar-refractivity contribution in [1.82, 2.24) is 10.6 Å². The highest BCUT2D eigenvalue weighted by atomic mass is 35.5. The molecule has 1 aromatic rings. The van der Waals surface area contributed by atoms with Crippen LogP contribution < -0.4 is 10.6 Å². The Balaban J connectivity index is 0.00000242. The van der Waals surface area contributed by atoms with Gasteiger partial charge in [-0.2, -0.15) is 0 Å². The molecule has 5 heteroatoms. The number of aryl methyl sites for hydroxylation is 1. The molecule has 2 atom stereocenters. The number of carbonyl (C=O) groups is 1. The van der Waals surface area contributed by atoms with Gasteiger partial charge in [0, 0.05) is 18.5 Å². The molecular weight excluding hydrogens is 300 g/mol. The first-order valence-corrected chi connectivity index (χ1v) is 7.71. The number of rotatable bonds is 5. The van der Waals surface area contributed by atoms with Gasteiger partial charge in [0.2, 0.25) is 5.91 Å². The van der Waals surface area contributed by atoms with Crippen LogP contribution in [-0.2, 0) is 16.6 Å². The van der Waals surface area contributed by atoms with Gasteiger partial charge in [-0.3, -0.25) is 4.79 Å². The van der Waals surface area contributed by atoms with Crippen molar-refractivity contribution in [3.63, 3.8) is 0 Å². The zero-order valence-corrected chi connectivity index (χ0v) is 14.4. The fourth-order valence-corrected chi connectivity index (χ4v) is 2.64. The molecule has 2 unspecified atom stereocenters. The van der Waals surface area contributed by atoms with E-state index in [4.69, 9.17) is 0 Å². The topological polar surface area (TPSA) is 61.4 Å². The van der Waals surface area contributed by atoms with Gasteiger partial charge >= 0.3 is 0 Å². The molecular formula is C17H27ClN2O2. The number of nitrogens with one attached hydrogen (secondary N) is 2. The molecule has 0 radical (unpaired) electrons. The zero-order valence-electron chi connectivity index (χ0n) is 13.6. The maximum atomic E-state index is 12.1. The Labute approximate surface area is 139 Å². The molecule has 1 amide bonds. The summed E-state index contributed by atoms with van der Waals surface area (Å²) in [6, 6.07) is 8.31. The summed E-state index contributed by atoms with van der Waals surface area (Å²) >= 11 is 0. The van der Waals surface area contributed by atoms with Gasteiger partial charge in [0.1, 0.15) is 0 Å². The molecule has 22 heavy (non-hydrogen) atoms. The minimum absolute atomic E-state index is 0. The summed E-state index contributed by atoms with van der Waals surface area (Å²) in [5, 5.41) is 15.5. The SMILES string of the molecule is CCc1ccc(C(C)(C)CNC(=O)C2CC(O)CN2)cc1.Cl. The molecule has 124 valence electrons. The van der Waals surface area contributed by atoms with Crippen molar-refractivity contribution in [1.29, 1.82) is 0 Å². The summed E-state index contributed by atoms with van der Waals surface area (Å²) in [6.07, 6.45) is 1.13. The van der Waals surface area contributed by atoms with Gasteiger partial charge in [-0.25, -0.2) is 0 Å². The number of halogens is 1. The highest BCUT2D eigenvalue weighted by Crippen LogP contribution is 2.23. The highest BCUT2D eigenvalue weighted by molar-refractivity contribution is 5.85. The van der Waals surface area contributed by atoms with Crippen LogP contribution in [0.2, 0.25) is 0 Å². The molecule has 0 spiro atoms. The lowest BCUT2D eigenvalue weighted by atomic mass is 9.84. The normalized spacial score (nSPS) is 21.3. The molecule has 1 aliphatic heterocycles. The second kappa shape index (κ2) is 7.95. The average molecular weight is 327 g/mol. The van der Waals surface area contributed by atoms with E-state index in [1.54, 1.807) is 0 Å². The predicted octanol–water partition coefficient (Wildman–Crippen LogP) is 1.79. The van der Waals surface area contributed by atoms with Crippen molar-refractivity contribution < 1.29 is 9.90 Å². The van der Waals surface area contributed by atoms with Crippen LogP contribution in [0.4, 0.5) is 0 Å². The van der Waals surface area contributed by atoms with Gasteiger partial charge in [0.05, 0.1) is 12.1 Å². The molecule has 1 saturated heterocycles. The molecule has 1 aromatic carbocycles. The van der Waals surface area contributed by atoms with E-state index in [2.05, 4.69) is 55.7 Å². The van der Waals surface area contributed by atoms with Crippen molar-refractivity contribution in [2.24, 2.45) is 0 Å². The molecule has 0 aromatic heterocycles. The Kier molecular flexibility index (Phi) is 6.85. The van der Waals surface area contributed by atoms with Crippen LogP contribution in [0.15, 0.2) is 24.3 Å². The van der Waals surface area contributed by atoms with Crippen molar-refractivity contribution in [2.45, 2.75) is 51.2 Å². The Hall–Kier alpha value is -1.10. The van der Waals surface area contributed by atoms with Gasteiger partial charge in [-0.05, 0) is 24.0 Å². The summed E-state index contributed by atoms with van der Waals surface area (Å²) in [7, 11) is 0. The molecule has 1 heterocycles. The maximum Gasteiger partial charge on any atom is 0.237 e. The van der Waals surface area contributed by atoms with Gasteiger partial charge in [-0.15, -0.1) is 12.4 Å². The summed E-state index contributed by atoms with van der Waals surface area (Å²) < 4.78 is 0. The van der Waals surface area contributed by atoms with E-state index in [1.165, 1.54) is 11.1 Å². The van der Waals surface area contributed by atoms with Crippen LogP contribution in [0.25, 0.3) is 0 Å². The minimum atomic E-state index is -0.407. The van der Waals surface area contributed by atoms with Crippen LogP contribution >= 0.6 is 12.4 Å². The van der Waals surface area contributed by atoms with Crippen molar-refractivity contribution in [3.8, 4) is 0 Å². The molecule has 0 aliphatic carbocycles. The number of hydrogen-bond donors (Lipinski definition) is 3. The van der Waals surface area contributed by atoms with Crippen LogP contribution in [0.1, 0.15) is 38.3 Å². The first kappa shape index (κ1) is 18.9. The quantitative estimate of drug-likeness (QED) is 0.773. The lowest BCUT2D eigenvalue weighted by molar-refractivity contribution is -0.123. The van der Waals surface area contributed by atoms with Crippen molar-refractivity contribution in [3.05, 3.63) is 35.4 Å². The van der Waals surface area contributed by atoms with Crippen molar-refractivity contribution >= 4 is 18.3 Å². The Bertz CT molecular complexity index is 488. The molecule has 4 nitrogen and oxygen atoms in total. The monoisotopic (exact) mass is 326 g/mol. The van der Waals surface area contributed by atoms with Gasteiger partial charge in [0.25, 0.3) is 0 Å². The van der Waals surface area contributed by atoms with E-state index in [9.17, 15) is 9.90 Å². The maximum absolute atomic E-state index is 12.1. The van der Waals surface area contributed by atoms with E-state index in [0.29, 0.717) is 19.5 Å². The third-order valence-electron chi connectivity index (χ3n) is 4.27. The Morgan fingerprint density at radius 3 is 2.50 bits per heavy atom. The van der Waals surface area contributed by atoms with Crippen LogP contribution in [0, 0.1) is 0 Å². The lowest BCUT2D eigenvalue weighted by Crippen LogP contribution is -2.45. The minimum Gasteiger partial charge on any atom is -0.392 e. The van der Waals surface area contributed by atoms with E-state index >= 15 is 0 Å². The average Bonchev–Trinajstić information content (AvgIpc) is 2.91. The second-order valence-electron chi connectivity index (χ2n) is 6.50. The number of aliphatic hydroxyl groups is 1. The summed E-state index contributed by atoms with van der Waals surface area (Å²) in [5.41, 5.74) is 2.43. The third-order valence-corrected chi connectivity index (χ3v) is 4.27. The number of β-amino-alcohol motifs (C(OH)–C–C–N with tert-alkyl or cyclic N) is 1. The number of carbonyl (C=O) groups excluding carboxylic acids is 1. The number of benzene rings is 1. The summed E-state index contributed by atoms with van der Waals surface area (Å²) in [6.45, 7) is 7.49. The second-order valence-corrected chi connectivity index (χ2v) is 6.50. The van der Waals surface area contributed by atoms with Crippen LogP contribution in [0.3, 0.4) is 0 Å². The molecule has 0 saturated carbocycles. The molecule has 1 fully saturated rings. The largest absolute Gasteiger partial charge is 0.392 e. The number of aliphatic hydroxyl groups excluding tert-OH is 1. The first-order valence-electron chi connectivity index (χ1n) is 7.71. The van der Waals surface area contributed by atoms with Crippen LogP contribution in [0.5, 0.6) is 0 Å². The summed E-state index contributed by atoms with van der Waals surface area (Å²) in [5.74, 6) is -0.0233. The standard InChI is InChI=1S/C17H26N2O2.ClH/c1-4-12-5-7-13(8-6-12)17(2,3)11-19-16(21)15-9-14(20)10-18-15;/h5-8,14-15,18,20H,4,9-11H2,1-3H3,(H,19,21);1H. The fourth-order valence-electron chi connectivity index (χ4n) is 2.64. The smallest absolute Gasteiger partial charge is 0.237 e. The van der Waals surface area contributed by atoms with Gasteiger partial charge in [0.15, 0.2) is 0 Å². The molecule has 2 rings (SSSR count). The van der Waals surface area contributed by atoms with E-state index in [-0.39, 0.29) is 29.8 Å². The lowest BCUT2D eigenvalue weighted by Gasteiger charge is -2.26. The van der Waals surface area contributed by atoms with E-state index in [0.717, 1.165) is 6.42 Å². The van der Waals surface area contributed by atoms with E-state index < -0.39 is 6.10 Å². The Morgan fingerprint density at radius 2 is 2.00 bits per heavy atom. The van der Waals surface area contributed by atoms with Gasteiger partial charge in [-0.1, -0.05) is 45.0 Å². The zero-order chi connectivity index (χ0) is 15.5. The summed E-state index contributed by atoms with van der Waals surface area (Å²) in [4.78, 5) is 12.1. The Morgan fingerprint density at radius 1 is 1.36 bits per heavy atom. The van der Waals surface area contributed by atoms with E-state index in [1.807, 2.05) is 0 Å². The third kappa shape index (κ3) is 4.70. The number of amides is 1. The van der Waals surface area contributed by atoms with Crippen LogP contribution in [-0.4, -0.2) is 36.2 Å².